The Morgan fingerprint density at radius 3 is 2.71 bits per heavy atom. The van der Waals surface area contributed by atoms with Crippen molar-refractivity contribution in [2.45, 2.75) is 19.9 Å². The van der Waals surface area contributed by atoms with E-state index < -0.39 is 12.0 Å². The Labute approximate surface area is 123 Å². The lowest BCUT2D eigenvalue weighted by Crippen LogP contribution is -2.53. The van der Waals surface area contributed by atoms with Crippen LogP contribution in [0.2, 0.25) is 0 Å². The number of aryl methyl sites for hydroxylation is 2. The molecule has 0 aliphatic carbocycles. The van der Waals surface area contributed by atoms with Gasteiger partial charge in [0.2, 0.25) is 0 Å². The van der Waals surface area contributed by atoms with Gasteiger partial charge in [-0.25, -0.2) is 4.79 Å². The second-order valence-electron chi connectivity index (χ2n) is 5.14. The van der Waals surface area contributed by atoms with Crippen LogP contribution in [0.4, 0.5) is 5.69 Å². The lowest BCUT2D eigenvalue weighted by Gasteiger charge is -2.34. The molecule has 1 unspecified atom stereocenters. The number of hydrogen-bond acceptors (Lipinski definition) is 5. The third-order valence-corrected chi connectivity index (χ3v) is 3.71. The van der Waals surface area contributed by atoms with E-state index in [4.69, 9.17) is 15.2 Å². The number of nitrogen functional groups attached to an aromatic ring is 1. The fourth-order valence-electron chi connectivity index (χ4n) is 2.43. The Kier molecular flexibility index (Phi) is 4.47. The molecule has 6 nitrogen and oxygen atoms in total. The predicted octanol–water partition coefficient (Wildman–Crippen LogP) is 0.900. The van der Waals surface area contributed by atoms with Crippen molar-refractivity contribution >= 4 is 17.6 Å². The van der Waals surface area contributed by atoms with Gasteiger partial charge in [0.1, 0.15) is 0 Å². The van der Waals surface area contributed by atoms with Crippen LogP contribution in [0.5, 0.6) is 0 Å². The lowest BCUT2D eigenvalue weighted by atomic mass is 10.0. The topological polar surface area (TPSA) is 81.9 Å². The number of morpholine rings is 1. The van der Waals surface area contributed by atoms with Crippen molar-refractivity contribution in [3.63, 3.8) is 0 Å². The number of benzene rings is 1. The molecule has 1 saturated heterocycles. The van der Waals surface area contributed by atoms with E-state index >= 15 is 0 Å². The van der Waals surface area contributed by atoms with Crippen molar-refractivity contribution in [3.05, 3.63) is 28.8 Å². The first-order valence-corrected chi connectivity index (χ1v) is 6.79. The van der Waals surface area contributed by atoms with Crippen LogP contribution in [-0.4, -0.2) is 49.7 Å². The fourth-order valence-corrected chi connectivity index (χ4v) is 2.43. The summed E-state index contributed by atoms with van der Waals surface area (Å²) in [6.45, 7) is 4.65. The van der Waals surface area contributed by atoms with E-state index in [1.54, 1.807) is 6.07 Å². The van der Waals surface area contributed by atoms with Gasteiger partial charge in [-0.15, -0.1) is 0 Å². The molecule has 0 radical (unpaired) electrons. The minimum Gasteiger partial charge on any atom is -0.467 e. The van der Waals surface area contributed by atoms with Crippen molar-refractivity contribution in [3.8, 4) is 0 Å². The van der Waals surface area contributed by atoms with Gasteiger partial charge in [-0.1, -0.05) is 6.07 Å². The second kappa shape index (κ2) is 6.13. The zero-order chi connectivity index (χ0) is 15.6. The summed E-state index contributed by atoms with van der Waals surface area (Å²) >= 11 is 0. The monoisotopic (exact) mass is 292 g/mol. The van der Waals surface area contributed by atoms with Crippen LogP contribution in [0.15, 0.2) is 12.1 Å². The van der Waals surface area contributed by atoms with Gasteiger partial charge < -0.3 is 20.1 Å². The first-order valence-electron chi connectivity index (χ1n) is 6.79. The van der Waals surface area contributed by atoms with E-state index in [0.29, 0.717) is 24.4 Å². The first kappa shape index (κ1) is 15.3. The van der Waals surface area contributed by atoms with Crippen LogP contribution in [0, 0.1) is 13.8 Å². The Hall–Kier alpha value is -2.08. The number of carbonyl (C=O) groups is 2. The number of amides is 1. The van der Waals surface area contributed by atoms with Gasteiger partial charge in [-0.3, -0.25) is 4.79 Å². The van der Waals surface area contributed by atoms with E-state index in [1.165, 1.54) is 12.0 Å². The minimum absolute atomic E-state index is 0.152. The molecule has 1 fully saturated rings. The SMILES string of the molecule is COC(=O)C1COCCN1C(=O)c1cc(N)c(C)cc1C. The lowest BCUT2D eigenvalue weighted by molar-refractivity contribution is -0.151. The molecule has 0 spiro atoms. The summed E-state index contributed by atoms with van der Waals surface area (Å²) in [7, 11) is 1.30. The predicted molar refractivity (Wildman–Crippen MR) is 78.0 cm³/mol. The first-order chi connectivity index (χ1) is 9.95. The molecule has 2 rings (SSSR count). The van der Waals surface area contributed by atoms with Crippen LogP contribution in [0.1, 0.15) is 21.5 Å². The fraction of sp³-hybridized carbons (Fsp3) is 0.467. The Bertz CT molecular complexity index is 571. The van der Waals surface area contributed by atoms with Gasteiger partial charge in [-0.05, 0) is 31.0 Å². The van der Waals surface area contributed by atoms with Gasteiger partial charge in [0.05, 0.1) is 20.3 Å². The third-order valence-electron chi connectivity index (χ3n) is 3.71. The highest BCUT2D eigenvalue weighted by Crippen LogP contribution is 2.21. The van der Waals surface area contributed by atoms with Crippen molar-refractivity contribution in [2.75, 3.05) is 32.6 Å². The van der Waals surface area contributed by atoms with Gasteiger partial charge >= 0.3 is 5.97 Å². The molecular weight excluding hydrogens is 272 g/mol. The summed E-state index contributed by atoms with van der Waals surface area (Å²) in [6, 6.07) is 2.82. The molecule has 1 aromatic rings. The number of methoxy groups -OCH3 is 1. The highest BCUT2D eigenvalue weighted by Gasteiger charge is 2.34. The summed E-state index contributed by atoms with van der Waals surface area (Å²) in [6.07, 6.45) is 0. The minimum atomic E-state index is -0.710. The van der Waals surface area contributed by atoms with Gasteiger partial charge in [0, 0.05) is 17.8 Å². The molecule has 1 amide bonds. The van der Waals surface area contributed by atoms with Crippen LogP contribution in [0.3, 0.4) is 0 Å². The Morgan fingerprint density at radius 2 is 2.05 bits per heavy atom. The molecule has 1 aliphatic heterocycles. The number of rotatable bonds is 2. The van der Waals surface area contributed by atoms with Crippen LogP contribution >= 0.6 is 0 Å². The molecule has 1 aromatic carbocycles. The van der Waals surface area contributed by atoms with Crippen molar-refractivity contribution < 1.29 is 19.1 Å². The standard InChI is InChI=1S/C15H20N2O4/c1-9-6-10(2)12(16)7-11(9)14(18)17-4-5-21-8-13(17)15(19)20-3/h6-7,13H,4-5,8,16H2,1-3H3. The normalized spacial score (nSPS) is 18.4. The number of nitrogens with two attached hydrogens (primary N) is 1. The molecule has 6 heteroatoms. The van der Waals surface area contributed by atoms with E-state index in [0.717, 1.165) is 11.1 Å². The second-order valence-corrected chi connectivity index (χ2v) is 5.14. The molecule has 2 N–H and O–H groups in total. The molecule has 0 saturated carbocycles. The zero-order valence-corrected chi connectivity index (χ0v) is 12.5. The van der Waals surface area contributed by atoms with E-state index in [1.807, 2.05) is 19.9 Å². The van der Waals surface area contributed by atoms with E-state index in [2.05, 4.69) is 0 Å². The maximum absolute atomic E-state index is 12.7. The molecule has 0 aromatic heterocycles. The van der Waals surface area contributed by atoms with Gasteiger partial charge in [0.25, 0.3) is 5.91 Å². The van der Waals surface area contributed by atoms with Gasteiger partial charge in [0.15, 0.2) is 6.04 Å². The highest BCUT2D eigenvalue weighted by atomic mass is 16.5. The number of hydrogen-bond donors (Lipinski definition) is 1. The largest absolute Gasteiger partial charge is 0.467 e. The maximum atomic E-state index is 12.7. The van der Waals surface area contributed by atoms with Crippen LogP contribution < -0.4 is 5.73 Å². The number of esters is 1. The number of ether oxygens (including phenoxy) is 2. The van der Waals surface area contributed by atoms with Crippen molar-refractivity contribution in [1.29, 1.82) is 0 Å². The Balaban J connectivity index is 2.33. The van der Waals surface area contributed by atoms with Crippen molar-refractivity contribution in [1.82, 2.24) is 4.90 Å². The zero-order valence-electron chi connectivity index (χ0n) is 12.5. The number of anilines is 1. The van der Waals surface area contributed by atoms with Crippen LogP contribution in [-0.2, 0) is 14.3 Å². The summed E-state index contributed by atoms with van der Waals surface area (Å²) < 4.78 is 10.0. The molecule has 1 heterocycles. The average molecular weight is 292 g/mol. The number of carbonyl (C=O) groups excluding carboxylic acids is 2. The van der Waals surface area contributed by atoms with E-state index in [9.17, 15) is 9.59 Å². The summed E-state index contributed by atoms with van der Waals surface area (Å²) in [4.78, 5) is 26.0. The maximum Gasteiger partial charge on any atom is 0.331 e. The quantitative estimate of drug-likeness (QED) is 0.647. The highest BCUT2D eigenvalue weighted by molar-refractivity contribution is 5.99. The molecule has 114 valence electrons. The summed E-state index contributed by atoms with van der Waals surface area (Å²) in [5, 5.41) is 0. The molecule has 1 aliphatic rings. The third kappa shape index (κ3) is 3.00. The van der Waals surface area contributed by atoms with Gasteiger partial charge in [-0.2, -0.15) is 0 Å². The summed E-state index contributed by atoms with van der Waals surface area (Å²) in [5.74, 6) is -0.696. The number of nitrogens with zero attached hydrogens (tertiary/aromatic N) is 1. The molecular formula is C15H20N2O4. The van der Waals surface area contributed by atoms with E-state index in [-0.39, 0.29) is 12.5 Å². The summed E-state index contributed by atoms with van der Waals surface area (Å²) in [5.41, 5.74) is 8.72. The Morgan fingerprint density at radius 1 is 1.33 bits per heavy atom. The molecule has 1 atom stereocenters. The smallest absolute Gasteiger partial charge is 0.331 e. The molecule has 21 heavy (non-hydrogen) atoms. The molecule has 0 bridgehead atoms. The van der Waals surface area contributed by atoms with Crippen molar-refractivity contribution in [2.24, 2.45) is 0 Å². The van der Waals surface area contributed by atoms with Crippen LogP contribution in [0.25, 0.3) is 0 Å². The average Bonchev–Trinajstić information content (AvgIpc) is 2.49.